The number of sulfonamides is 1. The summed E-state index contributed by atoms with van der Waals surface area (Å²) < 4.78 is 27.1. The fraction of sp³-hybridized carbons (Fsp3) is 0.533. The van der Waals surface area contributed by atoms with Gasteiger partial charge in [-0.15, -0.1) is 12.4 Å². The molecule has 2 rings (SSSR count). The molecule has 0 radical (unpaired) electrons. The van der Waals surface area contributed by atoms with Gasteiger partial charge in [-0.05, 0) is 51.1 Å². The van der Waals surface area contributed by atoms with Crippen LogP contribution in [0, 0.1) is 0 Å². The Labute approximate surface area is 154 Å². The van der Waals surface area contributed by atoms with E-state index in [4.69, 9.17) is 11.6 Å². The van der Waals surface area contributed by atoms with E-state index in [1.54, 1.807) is 11.8 Å². The van der Waals surface area contributed by atoms with Crippen LogP contribution in [0.15, 0.2) is 29.2 Å². The molecular formula is C15H23Cl2N3O3S. The Morgan fingerprint density at radius 3 is 2.54 bits per heavy atom. The fourth-order valence-corrected chi connectivity index (χ4v) is 3.97. The zero-order chi connectivity index (χ0) is 17.0. The summed E-state index contributed by atoms with van der Waals surface area (Å²) in [5, 5.41) is 3.62. The van der Waals surface area contributed by atoms with Crippen LogP contribution in [-0.4, -0.2) is 51.4 Å². The number of rotatable bonds is 5. The van der Waals surface area contributed by atoms with Crippen molar-refractivity contribution in [3.05, 3.63) is 29.3 Å². The molecule has 1 aromatic rings. The molecule has 1 aliphatic rings. The number of benzene rings is 1. The molecule has 2 N–H and O–H groups in total. The molecule has 1 aromatic carbocycles. The largest absolute Gasteiger partial charge is 0.340 e. The topological polar surface area (TPSA) is 78.5 Å². The lowest BCUT2D eigenvalue weighted by molar-refractivity contribution is -0.133. The van der Waals surface area contributed by atoms with Gasteiger partial charge < -0.3 is 10.2 Å². The molecular weight excluding hydrogens is 373 g/mol. The first-order chi connectivity index (χ1) is 10.8. The van der Waals surface area contributed by atoms with E-state index in [0.717, 1.165) is 12.8 Å². The van der Waals surface area contributed by atoms with Crippen molar-refractivity contribution in [1.29, 1.82) is 0 Å². The van der Waals surface area contributed by atoms with Crippen molar-refractivity contribution in [1.82, 2.24) is 14.9 Å². The van der Waals surface area contributed by atoms with Gasteiger partial charge in [0.25, 0.3) is 0 Å². The molecule has 9 heteroatoms. The molecule has 0 spiro atoms. The number of piperidine rings is 1. The zero-order valence-electron chi connectivity index (χ0n) is 13.7. The third-order valence-electron chi connectivity index (χ3n) is 3.97. The molecule has 1 saturated heterocycles. The van der Waals surface area contributed by atoms with E-state index in [0.29, 0.717) is 18.1 Å². The number of hydrogen-bond acceptors (Lipinski definition) is 4. The predicted octanol–water partition coefficient (Wildman–Crippen LogP) is 1.64. The smallest absolute Gasteiger partial charge is 0.241 e. The molecule has 1 aliphatic heterocycles. The standard InChI is InChI=1S/C15H22ClN3O3S.ClH/c1-11(15(20)19-9-3-4-13(10-19)17-2)18-23(21,22)14-7-5-12(16)6-8-14;/h5-8,11,13,17-18H,3-4,9-10H2,1-2H3;1H. The van der Waals surface area contributed by atoms with Gasteiger partial charge in [-0.1, -0.05) is 11.6 Å². The highest BCUT2D eigenvalue weighted by Crippen LogP contribution is 2.15. The Morgan fingerprint density at radius 2 is 1.96 bits per heavy atom. The molecule has 2 unspecified atom stereocenters. The summed E-state index contributed by atoms with van der Waals surface area (Å²) in [5.74, 6) is -0.206. The molecule has 0 aliphatic carbocycles. The number of likely N-dealkylation sites (N-methyl/N-ethyl adjacent to an activating group) is 1. The number of nitrogens with one attached hydrogen (secondary N) is 2. The average Bonchev–Trinajstić information content (AvgIpc) is 2.54. The molecule has 24 heavy (non-hydrogen) atoms. The third-order valence-corrected chi connectivity index (χ3v) is 5.78. The highest BCUT2D eigenvalue weighted by molar-refractivity contribution is 7.89. The van der Waals surface area contributed by atoms with Crippen molar-refractivity contribution in [3.63, 3.8) is 0 Å². The first kappa shape index (κ1) is 21.2. The van der Waals surface area contributed by atoms with Crippen molar-refractivity contribution in [3.8, 4) is 0 Å². The van der Waals surface area contributed by atoms with Gasteiger partial charge in [0.05, 0.1) is 10.9 Å². The number of hydrogen-bond donors (Lipinski definition) is 2. The van der Waals surface area contributed by atoms with Gasteiger partial charge in [0, 0.05) is 24.2 Å². The van der Waals surface area contributed by atoms with Crippen molar-refractivity contribution in [2.45, 2.75) is 36.7 Å². The first-order valence-corrected chi connectivity index (χ1v) is 9.43. The van der Waals surface area contributed by atoms with Gasteiger partial charge in [-0.25, -0.2) is 8.42 Å². The molecule has 0 saturated carbocycles. The molecule has 1 amide bonds. The highest BCUT2D eigenvalue weighted by atomic mass is 35.5. The maximum absolute atomic E-state index is 12.5. The van der Waals surface area contributed by atoms with Crippen LogP contribution in [0.25, 0.3) is 0 Å². The van der Waals surface area contributed by atoms with E-state index >= 15 is 0 Å². The normalized spacial score (nSPS) is 19.5. The molecule has 1 heterocycles. The van der Waals surface area contributed by atoms with Crippen molar-refractivity contribution >= 4 is 39.9 Å². The number of likely N-dealkylation sites (tertiary alicyclic amines) is 1. The summed E-state index contributed by atoms with van der Waals surface area (Å²) in [6, 6.07) is 5.29. The van der Waals surface area contributed by atoms with Crippen LogP contribution >= 0.6 is 24.0 Å². The maximum atomic E-state index is 12.5. The Bertz CT molecular complexity index is 652. The van der Waals surface area contributed by atoms with Crippen LogP contribution in [0.3, 0.4) is 0 Å². The van der Waals surface area contributed by atoms with E-state index in [1.807, 2.05) is 7.05 Å². The summed E-state index contributed by atoms with van der Waals surface area (Å²) >= 11 is 5.76. The van der Waals surface area contributed by atoms with Gasteiger partial charge in [-0.2, -0.15) is 4.72 Å². The zero-order valence-corrected chi connectivity index (χ0v) is 16.0. The Morgan fingerprint density at radius 1 is 1.33 bits per heavy atom. The second-order valence-electron chi connectivity index (χ2n) is 5.71. The number of halogens is 2. The van der Waals surface area contributed by atoms with Gasteiger partial charge in [0.15, 0.2) is 0 Å². The Hall–Kier alpha value is -0.860. The summed E-state index contributed by atoms with van der Waals surface area (Å²) in [4.78, 5) is 14.3. The van der Waals surface area contributed by atoms with Crippen molar-refractivity contribution < 1.29 is 13.2 Å². The van der Waals surface area contributed by atoms with E-state index in [2.05, 4.69) is 10.0 Å². The summed E-state index contributed by atoms with van der Waals surface area (Å²) in [6.45, 7) is 2.82. The lowest BCUT2D eigenvalue weighted by Gasteiger charge is -2.34. The Balaban J connectivity index is 0.00000288. The van der Waals surface area contributed by atoms with Crippen LogP contribution in [0.5, 0.6) is 0 Å². The van der Waals surface area contributed by atoms with Gasteiger partial charge in [0.1, 0.15) is 0 Å². The highest BCUT2D eigenvalue weighted by Gasteiger charge is 2.29. The Kier molecular flexibility index (Phi) is 7.95. The number of carbonyl (C=O) groups is 1. The monoisotopic (exact) mass is 395 g/mol. The third kappa shape index (κ3) is 5.32. The maximum Gasteiger partial charge on any atom is 0.241 e. The van der Waals surface area contributed by atoms with Gasteiger partial charge in [0.2, 0.25) is 15.9 Å². The van der Waals surface area contributed by atoms with Crippen LogP contribution in [0.4, 0.5) is 0 Å². The van der Waals surface area contributed by atoms with Crippen LogP contribution < -0.4 is 10.0 Å². The van der Waals surface area contributed by atoms with Crippen LogP contribution in [0.2, 0.25) is 5.02 Å². The number of carbonyl (C=O) groups excluding carboxylic acids is 1. The quantitative estimate of drug-likeness (QED) is 0.793. The number of amides is 1. The molecule has 0 bridgehead atoms. The molecule has 2 atom stereocenters. The number of nitrogens with zero attached hydrogens (tertiary/aromatic N) is 1. The van der Waals surface area contributed by atoms with Crippen LogP contribution in [0.1, 0.15) is 19.8 Å². The predicted molar refractivity (Wildman–Crippen MR) is 97.1 cm³/mol. The molecule has 0 aromatic heterocycles. The van der Waals surface area contributed by atoms with Gasteiger partial charge >= 0.3 is 0 Å². The molecule has 136 valence electrons. The summed E-state index contributed by atoms with van der Waals surface area (Å²) in [5.41, 5.74) is 0. The van der Waals surface area contributed by atoms with E-state index in [9.17, 15) is 13.2 Å². The minimum atomic E-state index is -3.75. The fourth-order valence-electron chi connectivity index (χ4n) is 2.65. The van der Waals surface area contributed by atoms with E-state index < -0.39 is 16.1 Å². The summed E-state index contributed by atoms with van der Waals surface area (Å²) in [7, 11) is -1.88. The minimum Gasteiger partial charge on any atom is -0.340 e. The lowest BCUT2D eigenvalue weighted by atomic mass is 10.1. The van der Waals surface area contributed by atoms with Crippen molar-refractivity contribution in [2.24, 2.45) is 0 Å². The van der Waals surface area contributed by atoms with Gasteiger partial charge in [-0.3, -0.25) is 4.79 Å². The first-order valence-electron chi connectivity index (χ1n) is 7.57. The van der Waals surface area contributed by atoms with Crippen molar-refractivity contribution in [2.75, 3.05) is 20.1 Å². The molecule has 1 fully saturated rings. The summed E-state index contributed by atoms with van der Waals surface area (Å²) in [6.07, 6.45) is 1.93. The molecule has 6 nitrogen and oxygen atoms in total. The van der Waals surface area contributed by atoms with E-state index in [-0.39, 0.29) is 29.3 Å². The van der Waals surface area contributed by atoms with Crippen LogP contribution in [-0.2, 0) is 14.8 Å². The second-order valence-corrected chi connectivity index (χ2v) is 7.86. The minimum absolute atomic E-state index is 0. The average molecular weight is 396 g/mol. The SMILES string of the molecule is CNC1CCCN(C(=O)C(C)NS(=O)(=O)c2ccc(Cl)cc2)C1.Cl. The lowest BCUT2D eigenvalue weighted by Crippen LogP contribution is -2.53. The second kappa shape index (κ2) is 9.01. The van der Waals surface area contributed by atoms with E-state index in [1.165, 1.54) is 24.3 Å².